The molecule has 2 aliphatic heterocycles. The highest BCUT2D eigenvalue weighted by Crippen LogP contribution is 2.28. The van der Waals surface area contributed by atoms with Crippen molar-refractivity contribution in [3.8, 4) is 0 Å². The van der Waals surface area contributed by atoms with Crippen LogP contribution in [0.2, 0.25) is 0 Å². The van der Waals surface area contributed by atoms with Crippen molar-refractivity contribution < 1.29 is 44.8 Å². The minimum atomic E-state index is -1.58. The van der Waals surface area contributed by atoms with E-state index in [4.69, 9.17) is 14.2 Å². The molecule has 0 radical (unpaired) electrons. The molecule has 0 bridgehead atoms. The van der Waals surface area contributed by atoms with Crippen LogP contribution in [0.15, 0.2) is 0 Å². The number of aliphatic hydroxyl groups excluding tert-OH is 6. The van der Waals surface area contributed by atoms with E-state index < -0.39 is 61.4 Å². The van der Waals surface area contributed by atoms with Crippen LogP contribution >= 0.6 is 0 Å². The molecule has 0 unspecified atom stereocenters. The van der Waals surface area contributed by atoms with Gasteiger partial charge in [0.1, 0.15) is 36.6 Å². The second-order valence-electron chi connectivity index (χ2n) is 5.50. The maximum absolute atomic E-state index is 9.91. The van der Waals surface area contributed by atoms with E-state index in [-0.39, 0.29) is 0 Å². The van der Waals surface area contributed by atoms with Crippen LogP contribution in [0.25, 0.3) is 0 Å². The molecule has 0 spiro atoms. The second-order valence-corrected chi connectivity index (χ2v) is 5.50. The average Bonchev–Trinajstić information content (AvgIpc) is 2.44. The Balaban J connectivity index is 2.06. The van der Waals surface area contributed by atoms with Gasteiger partial charge < -0.3 is 44.8 Å². The molecule has 2 fully saturated rings. The molecule has 0 aromatic rings. The number of aliphatic hydroxyl groups is 6. The molecular weight excluding hydrogens is 288 g/mol. The van der Waals surface area contributed by atoms with Gasteiger partial charge in [0.05, 0.1) is 12.2 Å². The average molecular weight is 310 g/mol. The molecule has 2 rings (SSSR count). The number of rotatable bonds is 2. The van der Waals surface area contributed by atoms with E-state index in [0.29, 0.717) is 0 Å². The summed E-state index contributed by atoms with van der Waals surface area (Å²) >= 11 is 0. The molecule has 2 heterocycles. The van der Waals surface area contributed by atoms with Crippen molar-refractivity contribution in [2.75, 3.05) is 0 Å². The van der Waals surface area contributed by atoms with Crippen molar-refractivity contribution in [3.05, 3.63) is 0 Å². The van der Waals surface area contributed by atoms with Gasteiger partial charge in [-0.25, -0.2) is 0 Å². The number of ether oxygens (including phenoxy) is 3. The Morgan fingerprint density at radius 2 is 1.19 bits per heavy atom. The Labute approximate surface area is 121 Å². The van der Waals surface area contributed by atoms with Crippen LogP contribution in [0.5, 0.6) is 0 Å². The standard InChI is InChI=1S/C12H22O9/c1-3-6(14)8(16)10(11(18)19-3)21-12-9(17)7(15)5(13)4(2)20-12/h3-18H,1-2H3/t3-,4-,5-,6+,7+,8+,9+,10+,11-,12-/m0/s1. The van der Waals surface area contributed by atoms with E-state index in [1.165, 1.54) is 13.8 Å². The normalized spacial score (nSPS) is 55.4. The van der Waals surface area contributed by atoms with Crippen LogP contribution in [-0.2, 0) is 14.2 Å². The summed E-state index contributed by atoms with van der Waals surface area (Å²) in [4.78, 5) is 0. The lowest BCUT2D eigenvalue weighted by atomic mass is 9.98. The van der Waals surface area contributed by atoms with Crippen LogP contribution in [-0.4, -0.2) is 92.1 Å². The van der Waals surface area contributed by atoms with Crippen LogP contribution in [0.1, 0.15) is 13.8 Å². The molecule has 21 heavy (non-hydrogen) atoms. The third-order valence-corrected chi connectivity index (χ3v) is 3.90. The monoisotopic (exact) mass is 310 g/mol. The predicted molar refractivity (Wildman–Crippen MR) is 65.8 cm³/mol. The minimum Gasteiger partial charge on any atom is -0.388 e. The highest BCUT2D eigenvalue weighted by Gasteiger charge is 2.48. The SMILES string of the molecule is C[C@@H]1O[C@@H](O[C@@H]2[C@H](O)[C@H](O)[C@H](C)O[C@@H]2O)[C@H](O)[C@H](O)[C@H]1O. The van der Waals surface area contributed by atoms with Crippen LogP contribution in [0.3, 0.4) is 0 Å². The van der Waals surface area contributed by atoms with E-state index in [1.54, 1.807) is 0 Å². The summed E-state index contributed by atoms with van der Waals surface area (Å²) in [5.41, 5.74) is 0. The maximum atomic E-state index is 9.91. The summed E-state index contributed by atoms with van der Waals surface area (Å²) in [6.45, 7) is 2.94. The minimum absolute atomic E-state index is 0.793. The van der Waals surface area contributed by atoms with Gasteiger partial charge >= 0.3 is 0 Å². The van der Waals surface area contributed by atoms with E-state index >= 15 is 0 Å². The van der Waals surface area contributed by atoms with Crippen molar-refractivity contribution in [2.24, 2.45) is 0 Å². The topological polar surface area (TPSA) is 149 Å². The molecular formula is C12H22O9. The molecule has 10 atom stereocenters. The first-order chi connectivity index (χ1) is 9.73. The fourth-order valence-corrected chi connectivity index (χ4v) is 2.45. The third kappa shape index (κ3) is 3.21. The van der Waals surface area contributed by atoms with Crippen molar-refractivity contribution >= 4 is 0 Å². The van der Waals surface area contributed by atoms with Gasteiger partial charge in [-0.1, -0.05) is 0 Å². The van der Waals surface area contributed by atoms with Gasteiger partial charge in [0.2, 0.25) is 0 Å². The fraction of sp³-hybridized carbons (Fsp3) is 1.00. The second kappa shape index (κ2) is 6.41. The Hall–Kier alpha value is -0.360. The zero-order valence-electron chi connectivity index (χ0n) is 11.7. The molecule has 2 saturated heterocycles. The summed E-state index contributed by atoms with van der Waals surface area (Å²) < 4.78 is 15.5. The predicted octanol–water partition coefficient (Wildman–Crippen LogP) is -3.34. The molecule has 6 N–H and O–H groups in total. The first-order valence-corrected chi connectivity index (χ1v) is 6.78. The van der Waals surface area contributed by atoms with E-state index in [0.717, 1.165) is 0 Å². The Morgan fingerprint density at radius 3 is 1.81 bits per heavy atom. The van der Waals surface area contributed by atoms with Gasteiger partial charge in [0.25, 0.3) is 0 Å². The lowest BCUT2D eigenvalue weighted by Gasteiger charge is -2.44. The molecule has 2 aliphatic rings. The molecule has 9 heteroatoms. The van der Waals surface area contributed by atoms with Crippen LogP contribution in [0, 0.1) is 0 Å². The lowest BCUT2D eigenvalue weighted by molar-refractivity contribution is -0.356. The largest absolute Gasteiger partial charge is 0.388 e. The molecule has 0 saturated carbocycles. The smallest absolute Gasteiger partial charge is 0.187 e. The van der Waals surface area contributed by atoms with E-state index in [2.05, 4.69) is 0 Å². The van der Waals surface area contributed by atoms with Gasteiger partial charge in [0, 0.05) is 0 Å². The number of hydrogen-bond acceptors (Lipinski definition) is 9. The highest BCUT2D eigenvalue weighted by atomic mass is 16.7. The van der Waals surface area contributed by atoms with Crippen molar-refractivity contribution in [1.29, 1.82) is 0 Å². The summed E-state index contributed by atoms with van der Waals surface area (Å²) in [5, 5.41) is 58.5. The summed E-state index contributed by atoms with van der Waals surface area (Å²) in [5.74, 6) is 0. The highest BCUT2D eigenvalue weighted by molar-refractivity contribution is 4.91. The number of hydrogen-bond donors (Lipinski definition) is 6. The van der Waals surface area contributed by atoms with Crippen LogP contribution < -0.4 is 0 Å². The van der Waals surface area contributed by atoms with Gasteiger partial charge in [-0.3, -0.25) is 0 Å². The third-order valence-electron chi connectivity index (χ3n) is 3.90. The van der Waals surface area contributed by atoms with Gasteiger partial charge in [-0.05, 0) is 13.8 Å². The van der Waals surface area contributed by atoms with Crippen molar-refractivity contribution in [2.45, 2.75) is 75.3 Å². The van der Waals surface area contributed by atoms with Gasteiger partial charge in [0.15, 0.2) is 12.6 Å². The molecule has 0 aromatic heterocycles. The van der Waals surface area contributed by atoms with Gasteiger partial charge in [-0.2, -0.15) is 0 Å². The Morgan fingerprint density at radius 1 is 0.667 bits per heavy atom. The lowest BCUT2D eigenvalue weighted by Crippen LogP contribution is -2.62. The molecule has 124 valence electrons. The van der Waals surface area contributed by atoms with E-state index in [1.807, 2.05) is 0 Å². The van der Waals surface area contributed by atoms with Gasteiger partial charge in [-0.15, -0.1) is 0 Å². The summed E-state index contributed by atoms with van der Waals surface area (Å²) in [7, 11) is 0. The summed E-state index contributed by atoms with van der Waals surface area (Å²) in [6.07, 6.45) is -13.0. The summed E-state index contributed by atoms with van der Waals surface area (Å²) in [6, 6.07) is 0. The fourth-order valence-electron chi connectivity index (χ4n) is 2.45. The van der Waals surface area contributed by atoms with Crippen molar-refractivity contribution in [1.82, 2.24) is 0 Å². The first-order valence-electron chi connectivity index (χ1n) is 6.78. The zero-order chi connectivity index (χ0) is 15.9. The molecule has 9 nitrogen and oxygen atoms in total. The zero-order valence-corrected chi connectivity index (χ0v) is 11.7. The van der Waals surface area contributed by atoms with Crippen LogP contribution in [0.4, 0.5) is 0 Å². The Kier molecular flexibility index (Phi) is 5.19. The molecule has 0 aliphatic carbocycles. The van der Waals surface area contributed by atoms with Crippen molar-refractivity contribution in [3.63, 3.8) is 0 Å². The molecule has 0 aromatic carbocycles. The van der Waals surface area contributed by atoms with E-state index in [9.17, 15) is 30.6 Å². The quantitative estimate of drug-likeness (QED) is 0.308. The first kappa shape index (κ1) is 17.0. The maximum Gasteiger partial charge on any atom is 0.187 e. The molecule has 0 amide bonds. The Bertz CT molecular complexity index is 354.